The molecule has 1 aliphatic rings. The molecular formula is C12H11N5O2. The molecule has 1 aromatic heterocycles. The molecule has 0 aliphatic carbocycles. The minimum atomic E-state index is -0.491. The van der Waals surface area contributed by atoms with E-state index in [-0.39, 0.29) is 11.9 Å². The minimum absolute atomic E-state index is 0.101. The van der Waals surface area contributed by atoms with Crippen molar-refractivity contribution in [2.24, 2.45) is 0 Å². The van der Waals surface area contributed by atoms with Crippen LogP contribution in [0.2, 0.25) is 0 Å². The number of fused-ring (bicyclic) bond motifs is 1. The van der Waals surface area contributed by atoms with Crippen molar-refractivity contribution in [2.45, 2.75) is 13.0 Å². The molecule has 0 bridgehead atoms. The smallest absolute Gasteiger partial charge is 0.265 e. The number of hydrogen-bond donors (Lipinski definition) is 2. The number of carbonyl (C=O) groups excluding carboxylic acids is 1. The summed E-state index contributed by atoms with van der Waals surface area (Å²) in [6.45, 7) is 1.70. The average molecular weight is 257 g/mol. The molecule has 1 aliphatic heterocycles. The molecule has 3 rings (SSSR count). The Hall–Kier alpha value is -2.70. The van der Waals surface area contributed by atoms with Crippen molar-refractivity contribution >= 4 is 17.5 Å². The number of nitrogen functional groups attached to an aromatic ring is 1. The molecule has 19 heavy (non-hydrogen) atoms. The number of rotatable bonds is 1. The van der Waals surface area contributed by atoms with Crippen LogP contribution < -0.4 is 15.8 Å². The van der Waals surface area contributed by atoms with Gasteiger partial charge in [-0.2, -0.15) is 5.10 Å². The van der Waals surface area contributed by atoms with Crippen molar-refractivity contribution in [3.63, 3.8) is 0 Å². The standard InChI is InChI=1S/C12H11N5O2/c1-6-11(18)15-8-4-7(2-3-10(8)19-6)9-5-14-17-12(13)16-9/h2-6H,1H3,(H,15,18)(H2,13,16,17). The first kappa shape index (κ1) is 11.4. The zero-order valence-electron chi connectivity index (χ0n) is 10.1. The number of ether oxygens (including phenoxy) is 1. The van der Waals surface area contributed by atoms with E-state index in [0.29, 0.717) is 17.1 Å². The molecule has 1 atom stereocenters. The van der Waals surface area contributed by atoms with Gasteiger partial charge in [-0.25, -0.2) is 4.98 Å². The highest BCUT2D eigenvalue weighted by atomic mass is 16.5. The summed E-state index contributed by atoms with van der Waals surface area (Å²) in [6, 6.07) is 5.37. The topological polar surface area (TPSA) is 103 Å². The van der Waals surface area contributed by atoms with Gasteiger partial charge in [0.1, 0.15) is 5.75 Å². The number of aromatic nitrogens is 3. The molecule has 3 N–H and O–H groups in total. The fourth-order valence-corrected chi connectivity index (χ4v) is 1.82. The third-order valence-electron chi connectivity index (χ3n) is 2.78. The van der Waals surface area contributed by atoms with E-state index in [1.807, 2.05) is 6.07 Å². The summed E-state index contributed by atoms with van der Waals surface area (Å²) in [5.41, 5.74) is 7.47. The number of nitrogens with two attached hydrogens (primary N) is 1. The SMILES string of the molecule is CC1Oc2ccc(-c3cnnc(N)n3)cc2NC1=O. The Bertz CT molecular complexity index is 658. The summed E-state index contributed by atoms with van der Waals surface area (Å²) in [7, 11) is 0. The number of nitrogens with zero attached hydrogens (tertiary/aromatic N) is 3. The maximum absolute atomic E-state index is 11.6. The molecule has 0 fully saturated rings. The predicted molar refractivity (Wildman–Crippen MR) is 68.4 cm³/mol. The highest BCUT2D eigenvalue weighted by Crippen LogP contribution is 2.33. The minimum Gasteiger partial charge on any atom is -0.479 e. The van der Waals surface area contributed by atoms with Crippen LogP contribution in [0.4, 0.5) is 11.6 Å². The van der Waals surface area contributed by atoms with Crippen LogP contribution in [0.25, 0.3) is 11.3 Å². The van der Waals surface area contributed by atoms with Crippen molar-refractivity contribution in [1.29, 1.82) is 0 Å². The van der Waals surface area contributed by atoms with Crippen LogP contribution in [0.15, 0.2) is 24.4 Å². The molecule has 7 nitrogen and oxygen atoms in total. The fraction of sp³-hybridized carbons (Fsp3) is 0.167. The first-order valence-corrected chi connectivity index (χ1v) is 5.70. The van der Waals surface area contributed by atoms with Gasteiger partial charge in [0, 0.05) is 5.56 Å². The van der Waals surface area contributed by atoms with Gasteiger partial charge in [0.05, 0.1) is 17.6 Å². The van der Waals surface area contributed by atoms with Crippen molar-refractivity contribution in [2.75, 3.05) is 11.1 Å². The molecule has 2 heterocycles. The summed E-state index contributed by atoms with van der Waals surface area (Å²) in [6.07, 6.45) is 1.02. The van der Waals surface area contributed by atoms with E-state index in [1.165, 1.54) is 6.20 Å². The second-order valence-electron chi connectivity index (χ2n) is 4.16. The molecule has 2 aromatic rings. The number of amides is 1. The quantitative estimate of drug-likeness (QED) is 0.784. The Labute approximate surface area is 108 Å². The van der Waals surface area contributed by atoms with Gasteiger partial charge >= 0.3 is 0 Å². The number of nitrogens with one attached hydrogen (secondary N) is 1. The maximum Gasteiger partial charge on any atom is 0.265 e. The molecule has 0 saturated carbocycles. The summed E-state index contributed by atoms with van der Waals surface area (Å²) < 4.78 is 5.47. The number of anilines is 2. The van der Waals surface area contributed by atoms with Gasteiger partial charge in [-0.05, 0) is 25.1 Å². The third-order valence-corrected chi connectivity index (χ3v) is 2.78. The van der Waals surface area contributed by atoms with Crippen LogP contribution >= 0.6 is 0 Å². The molecule has 0 spiro atoms. The summed E-state index contributed by atoms with van der Waals surface area (Å²) in [4.78, 5) is 15.6. The lowest BCUT2D eigenvalue weighted by atomic mass is 10.1. The van der Waals surface area contributed by atoms with E-state index in [4.69, 9.17) is 10.5 Å². The van der Waals surface area contributed by atoms with Crippen LogP contribution in [0.5, 0.6) is 5.75 Å². The lowest BCUT2D eigenvalue weighted by molar-refractivity contribution is -0.122. The van der Waals surface area contributed by atoms with Crippen molar-refractivity contribution < 1.29 is 9.53 Å². The second-order valence-corrected chi connectivity index (χ2v) is 4.16. The Kier molecular flexibility index (Phi) is 2.52. The van der Waals surface area contributed by atoms with Crippen molar-refractivity contribution in [1.82, 2.24) is 15.2 Å². The second kappa shape index (κ2) is 4.20. The molecule has 7 heteroatoms. The molecule has 1 unspecified atom stereocenters. The van der Waals surface area contributed by atoms with E-state index in [1.54, 1.807) is 19.1 Å². The normalized spacial score (nSPS) is 17.3. The van der Waals surface area contributed by atoms with Crippen LogP contribution in [0, 0.1) is 0 Å². The molecule has 96 valence electrons. The number of carbonyl (C=O) groups is 1. The highest BCUT2D eigenvalue weighted by Gasteiger charge is 2.23. The fourth-order valence-electron chi connectivity index (χ4n) is 1.82. The van der Waals surface area contributed by atoms with E-state index in [2.05, 4.69) is 20.5 Å². The monoisotopic (exact) mass is 257 g/mol. The van der Waals surface area contributed by atoms with Gasteiger partial charge in [-0.1, -0.05) is 0 Å². The van der Waals surface area contributed by atoms with Crippen LogP contribution in [0.3, 0.4) is 0 Å². The largest absolute Gasteiger partial charge is 0.479 e. The highest BCUT2D eigenvalue weighted by molar-refractivity contribution is 5.98. The van der Waals surface area contributed by atoms with Gasteiger partial charge in [-0.15, -0.1) is 5.10 Å². The van der Waals surface area contributed by atoms with Crippen LogP contribution in [-0.2, 0) is 4.79 Å². The molecule has 1 amide bonds. The summed E-state index contributed by atoms with van der Waals surface area (Å²) in [5, 5.41) is 10.1. The van der Waals surface area contributed by atoms with Gasteiger partial charge in [-0.3, -0.25) is 4.79 Å². The molecule has 0 saturated heterocycles. The zero-order valence-corrected chi connectivity index (χ0v) is 10.1. The van der Waals surface area contributed by atoms with E-state index in [0.717, 1.165) is 5.56 Å². The van der Waals surface area contributed by atoms with E-state index < -0.39 is 6.10 Å². The van der Waals surface area contributed by atoms with Crippen LogP contribution in [-0.4, -0.2) is 27.2 Å². The molecule has 0 radical (unpaired) electrons. The maximum atomic E-state index is 11.6. The van der Waals surface area contributed by atoms with Gasteiger partial charge < -0.3 is 15.8 Å². The third kappa shape index (κ3) is 2.05. The Morgan fingerprint density at radius 2 is 2.26 bits per heavy atom. The zero-order chi connectivity index (χ0) is 13.4. The van der Waals surface area contributed by atoms with E-state index in [9.17, 15) is 4.79 Å². The first-order valence-electron chi connectivity index (χ1n) is 5.70. The first-order chi connectivity index (χ1) is 9.13. The van der Waals surface area contributed by atoms with Crippen molar-refractivity contribution in [3.05, 3.63) is 24.4 Å². The Morgan fingerprint density at radius 3 is 3.05 bits per heavy atom. The molecular weight excluding hydrogens is 246 g/mol. The average Bonchev–Trinajstić information content (AvgIpc) is 2.39. The van der Waals surface area contributed by atoms with Crippen molar-refractivity contribution in [3.8, 4) is 17.0 Å². The number of benzene rings is 1. The summed E-state index contributed by atoms with van der Waals surface area (Å²) in [5.74, 6) is 0.556. The lowest BCUT2D eigenvalue weighted by Crippen LogP contribution is -2.34. The Morgan fingerprint density at radius 1 is 1.42 bits per heavy atom. The Balaban J connectivity index is 2.02. The van der Waals surface area contributed by atoms with Gasteiger partial charge in [0.2, 0.25) is 5.95 Å². The van der Waals surface area contributed by atoms with E-state index >= 15 is 0 Å². The molecule has 1 aromatic carbocycles. The number of hydrogen-bond acceptors (Lipinski definition) is 6. The van der Waals surface area contributed by atoms with Gasteiger partial charge in [0.15, 0.2) is 6.10 Å². The summed E-state index contributed by atoms with van der Waals surface area (Å²) >= 11 is 0. The van der Waals surface area contributed by atoms with Crippen LogP contribution in [0.1, 0.15) is 6.92 Å². The van der Waals surface area contributed by atoms with Gasteiger partial charge in [0.25, 0.3) is 5.91 Å². The lowest BCUT2D eigenvalue weighted by Gasteiger charge is -2.23. The predicted octanol–water partition coefficient (Wildman–Crippen LogP) is 0.840.